The predicted octanol–water partition coefficient (Wildman–Crippen LogP) is 2.87. The molecule has 2 atom stereocenters. The molecule has 2 unspecified atom stereocenters. The molecule has 0 amide bonds. The minimum absolute atomic E-state index is 0.0600. The van der Waals surface area contributed by atoms with Crippen molar-refractivity contribution >= 4 is 29.0 Å². The van der Waals surface area contributed by atoms with Gasteiger partial charge in [0.2, 0.25) is 0 Å². The Morgan fingerprint density at radius 2 is 1.52 bits per heavy atom. The third-order valence-corrected chi connectivity index (χ3v) is 6.34. The number of hydrazine groups is 1. The molecule has 1 aliphatic heterocycles. The van der Waals surface area contributed by atoms with Gasteiger partial charge in [-0.05, 0) is 24.1 Å². The smallest absolute Gasteiger partial charge is 0.166 e. The highest BCUT2D eigenvalue weighted by Crippen LogP contribution is 2.28. The van der Waals surface area contributed by atoms with Crippen molar-refractivity contribution in [2.45, 2.75) is 63.8 Å². The molecule has 4 bridgehead atoms. The molecule has 9 nitrogen and oxygen atoms in total. The lowest BCUT2D eigenvalue weighted by molar-refractivity contribution is -0.127. The number of ketones is 4. The van der Waals surface area contributed by atoms with Crippen molar-refractivity contribution in [2.24, 2.45) is 5.92 Å². The Morgan fingerprint density at radius 1 is 0.788 bits per heavy atom. The molecule has 1 aromatic carbocycles. The molecule has 1 fully saturated rings. The van der Waals surface area contributed by atoms with Crippen molar-refractivity contribution in [3.63, 3.8) is 0 Å². The van der Waals surface area contributed by atoms with Crippen molar-refractivity contribution in [1.82, 2.24) is 20.8 Å². The van der Waals surface area contributed by atoms with Crippen molar-refractivity contribution in [3.8, 4) is 11.3 Å². The Kier molecular flexibility index (Phi) is 7.29. The Labute approximate surface area is 191 Å². The highest BCUT2D eigenvalue weighted by molar-refractivity contribution is 5.99. The predicted molar refractivity (Wildman–Crippen MR) is 120 cm³/mol. The number of hydrogen-bond donors (Lipinski definition) is 2. The molecule has 1 saturated carbocycles. The number of benzene rings is 1. The molecule has 2 heterocycles. The summed E-state index contributed by atoms with van der Waals surface area (Å²) in [6.07, 6.45) is 3.25. The first-order valence-corrected chi connectivity index (χ1v) is 11.4. The van der Waals surface area contributed by atoms with Crippen LogP contribution in [-0.2, 0) is 14.4 Å². The maximum Gasteiger partial charge on any atom is 0.166 e. The Hall–Kier alpha value is -3.33. The maximum absolute atomic E-state index is 12.7. The molecule has 0 saturated heterocycles. The lowest BCUT2D eigenvalue weighted by atomic mass is 9.94. The first kappa shape index (κ1) is 22.8. The van der Waals surface area contributed by atoms with Gasteiger partial charge in [-0.2, -0.15) is 0 Å². The van der Waals surface area contributed by atoms with Crippen LogP contribution in [0.5, 0.6) is 0 Å². The Balaban J connectivity index is 1.57. The van der Waals surface area contributed by atoms with E-state index in [1.807, 2.05) is 6.07 Å². The zero-order chi connectivity index (χ0) is 23.2. The van der Waals surface area contributed by atoms with Gasteiger partial charge in [0.25, 0.3) is 0 Å². The summed E-state index contributed by atoms with van der Waals surface area (Å²) in [4.78, 5) is 49.7. The monoisotopic (exact) mass is 449 g/mol. The van der Waals surface area contributed by atoms with Crippen molar-refractivity contribution in [1.29, 1.82) is 0 Å². The van der Waals surface area contributed by atoms with E-state index in [2.05, 4.69) is 26.3 Å². The van der Waals surface area contributed by atoms with Crippen molar-refractivity contribution < 1.29 is 19.2 Å². The summed E-state index contributed by atoms with van der Waals surface area (Å²) in [5.74, 6) is -0.0233. The van der Waals surface area contributed by atoms with Crippen molar-refractivity contribution in [3.05, 3.63) is 35.9 Å². The summed E-state index contributed by atoms with van der Waals surface area (Å²) < 4.78 is 0. The van der Waals surface area contributed by atoms with E-state index in [0.717, 1.165) is 19.3 Å². The van der Waals surface area contributed by atoms with E-state index >= 15 is 0 Å². The fraction of sp³-hybridized carbons (Fsp3) is 0.458. The van der Waals surface area contributed by atoms with Gasteiger partial charge in [-0.1, -0.05) is 24.6 Å². The normalized spacial score (nSPS) is 23.0. The van der Waals surface area contributed by atoms with Gasteiger partial charge in [0, 0.05) is 67.7 Å². The molecule has 0 spiro atoms. The van der Waals surface area contributed by atoms with Gasteiger partial charge in [0.1, 0.15) is 17.3 Å². The number of carbonyl (C=O) groups is 4. The average molecular weight is 450 g/mol. The minimum atomic E-state index is -0.172. The summed E-state index contributed by atoms with van der Waals surface area (Å²) in [6, 6.07) is 8.67. The van der Waals surface area contributed by atoms with E-state index in [4.69, 9.17) is 0 Å². The summed E-state index contributed by atoms with van der Waals surface area (Å²) in [5, 5.41) is 11.9. The average Bonchev–Trinajstić information content (AvgIpc) is 3.32. The molecule has 2 aliphatic rings. The molecular weight excluding hydrogens is 422 g/mol. The molecule has 2 aromatic rings. The van der Waals surface area contributed by atoms with Crippen LogP contribution in [0.2, 0.25) is 0 Å². The topological polar surface area (TPSA) is 131 Å². The minimum Gasteiger partial charge on any atom is -0.304 e. The van der Waals surface area contributed by atoms with Gasteiger partial charge in [-0.3, -0.25) is 19.2 Å². The van der Waals surface area contributed by atoms with E-state index in [-0.39, 0.29) is 73.6 Å². The molecule has 33 heavy (non-hydrogen) atoms. The third kappa shape index (κ3) is 5.92. The van der Waals surface area contributed by atoms with Crippen LogP contribution < -0.4 is 10.9 Å². The van der Waals surface area contributed by atoms with Gasteiger partial charge in [0.05, 0.1) is 5.69 Å². The van der Waals surface area contributed by atoms with Crippen molar-refractivity contribution in [2.75, 3.05) is 5.43 Å². The van der Waals surface area contributed by atoms with Gasteiger partial charge in [0.15, 0.2) is 11.6 Å². The Morgan fingerprint density at radius 3 is 2.33 bits per heavy atom. The summed E-state index contributed by atoms with van der Waals surface area (Å²) >= 11 is 0. The highest BCUT2D eigenvalue weighted by Gasteiger charge is 2.32. The Bertz CT molecular complexity index is 1070. The second-order valence-electron chi connectivity index (χ2n) is 8.67. The third-order valence-electron chi connectivity index (χ3n) is 6.34. The standard InChI is InChI=1S/C24H27N5O4/c30-17-7-8-18(31)10-12-23(33)19-5-2-6-20(19)25-27-24-14-21(26-29-28-24)15-3-1-4-16(13-15)22(32)11-9-17/h1,3-4,13-14,19-20,25H,2,5-12H2,(H,26,27,28). The summed E-state index contributed by atoms with van der Waals surface area (Å²) in [6.45, 7) is 0. The lowest BCUT2D eigenvalue weighted by Crippen LogP contribution is -2.40. The quantitative estimate of drug-likeness (QED) is 0.623. The fourth-order valence-electron chi connectivity index (χ4n) is 4.42. The SMILES string of the molecule is O=C1CCC(=O)CCC(=O)C2CCCC2NNc2cc(nnn2)-c2cccc(c2)C(=O)CC1. The summed E-state index contributed by atoms with van der Waals surface area (Å²) in [7, 11) is 0. The van der Waals surface area contributed by atoms with E-state index in [1.54, 1.807) is 24.3 Å². The van der Waals surface area contributed by atoms with Crippen LogP contribution in [-0.4, -0.2) is 44.6 Å². The summed E-state index contributed by atoms with van der Waals surface area (Å²) in [5.41, 5.74) is 7.98. The van der Waals surface area contributed by atoms with Crippen LogP contribution in [0.4, 0.5) is 5.82 Å². The van der Waals surface area contributed by atoms with Gasteiger partial charge < -0.3 is 5.43 Å². The molecule has 2 N–H and O–H groups in total. The van der Waals surface area contributed by atoms with Crippen LogP contribution in [0.1, 0.15) is 68.1 Å². The highest BCUT2D eigenvalue weighted by atomic mass is 16.1. The molecule has 1 aromatic heterocycles. The number of anilines is 1. The zero-order valence-corrected chi connectivity index (χ0v) is 18.4. The van der Waals surface area contributed by atoms with Gasteiger partial charge in [-0.25, -0.2) is 5.43 Å². The number of aromatic nitrogens is 3. The van der Waals surface area contributed by atoms with Gasteiger partial charge >= 0.3 is 0 Å². The second kappa shape index (κ2) is 10.5. The molecule has 4 rings (SSSR count). The number of hydrogen-bond acceptors (Lipinski definition) is 9. The molecule has 172 valence electrons. The molecule has 1 aliphatic carbocycles. The van der Waals surface area contributed by atoms with Crippen LogP contribution >= 0.6 is 0 Å². The number of carbonyl (C=O) groups excluding carboxylic acids is 4. The molecule has 9 heteroatoms. The van der Waals surface area contributed by atoms with Crippen LogP contribution in [0.25, 0.3) is 11.3 Å². The first-order valence-electron chi connectivity index (χ1n) is 11.4. The second-order valence-corrected chi connectivity index (χ2v) is 8.67. The number of nitrogens with zero attached hydrogens (tertiary/aromatic N) is 3. The maximum atomic E-state index is 12.7. The van der Waals surface area contributed by atoms with E-state index in [0.29, 0.717) is 22.6 Å². The number of Topliss-reactive ketones (excluding diaryl/α,β-unsaturated/α-hetero) is 4. The number of nitrogens with one attached hydrogen (secondary N) is 2. The number of rotatable bonds is 0. The lowest BCUT2D eigenvalue weighted by Gasteiger charge is -2.20. The van der Waals surface area contributed by atoms with E-state index < -0.39 is 0 Å². The van der Waals surface area contributed by atoms with E-state index in [9.17, 15) is 19.2 Å². The van der Waals surface area contributed by atoms with Crippen LogP contribution in [0.3, 0.4) is 0 Å². The first-order chi connectivity index (χ1) is 16.0. The fourth-order valence-corrected chi connectivity index (χ4v) is 4.42. The van der Waals surface area contributed by atoms with E-state index in [1.165, 1.54) is 0 Å². The van der Waals surface area contributed by atoms with Crippen LogP contribution in [0, 0.1) is 5.92 Å². The van der Waals surface area contributed by atoms with Crippen LogP contribution in [0.15, 0.2) is 30.3 Å². The number of fused-ring (bicyclic) bond motifs is 6. The molecular formula is C24H27N5O4. The molecule has 0 radical (unpaired) electrons. The largest absolute Gasteiger partial charge is 0.304 e. The van der Waals surface area contributed by atoms with Gasteiger partial charge in [-0.15, -0.1) is 10.2 Å². The zero-order valence-electron chi connectivity index (χ0n) is 18.4.